The molecule has 0 rings (SSSR count). The molecule has 1 atom stereocenters. The van der Waals surface area contributed by atoms with Crippen LogP contribution in [0.4, 0.5) is 0 Å². The molecule has 0 spiro atoms. The minimum absolute atomic E-state index is 0.0671. The first-order valence-corrected chi connectivity index (χ1v) is 32.5. The van der Waals surface area contributed by atoms with Gasteiger partial charge in [-0.15, -0.1) is 0 Å². The maximum atomic E-state index is 12.8. The summed E-state index contributed by atoms with van der Waals surface area (Å²) in [4.78, 5) is 38.1. The van der Waals surface area contributed by atoms with Crippen molar-refractivity contribution in [3.05, 3.63) is 36.5 Å². The standard InChI is InChI=1S/C67H124O6/c1-4-7-10-13-16-18-20-22-24-26-28-29-30-31-32-33-34-35-36-37-39-40-42-44-46-48-51-54-57-60-66(69)72-63-64(62-71-65(68)59-56-53-50-15-12-9-6-3)73-67(70)61-58-55-52-49-47-45-43-41-38-27-25-23-21-19-17-14-11-8-5-2/h20,22,26,28,30-31,64H,4-19,21,23-25,27,29,32-63H2,1-3H3/b22-20-,28-26-,31-30-. The van der Waals surface area contributed by atoms with E-state index >= 15 is 0 Å². The summed E-state index contributed by atoms with van der Waals surface area (Å²) in [6.07, 6.45) is 76.1. The summed E-state index contributed by atoms with van der Waals surface area (Å²) >= 11 is 0. The Bertz CT molecular complexity index is 1220. The van der Waals surface area contributed by atoms with E-state index in [1.807, 2.05) is 0 Å². The second-order valence-corrected chi connectivity index (χ2v) is 22.0. The van der Waals surface area contributed by atoms with Crippen molar-refractivity contribution in [1.29, 1.82) is 0 Å². The molecule has 0 aliphatic rings. The molecular weight excluding hydrogens is 901 g/mol. The third-order valence-corrected chi connectivity index (χ3v) is 14.6. The first-order chi connectivity index (χ1) is 36.0. The number of unbranched alkanes of at least 4 members (excludes halogenated alkanes) is 43. The van der Waals surface area contributed by atoms with E-state index in [4.69, 9.17) is 14.2 Å². The fourth-order valence-corrected chi connectivity index (χ4v) is 9.75. The van der Waals surface area contributed by atoms with Crippen LogP contribution in [0, 0.1) is 0 Å². The van der Waals surface area contributed by atoms with Gasteiger partial charge < -0.3 is 14.2 Å². The van der Waals surface area contributed by atoms with Crippen LogP contribution < -0.4 is 0 Å². The molecule has 6 nitrogen and oxygen atoms in total. The lowest BCUT2D eigenvalue weighted by Crippen LogP contribution is -2.30. The number of rotatable bonds is 60. The Hall–Kier alpha value is -2.37. The average Bonchev–Trinajstić information content (AvgIpc) is 3.39. The number of carbonyl (C=O) groups is 3. The van der Waals surface area contributed by atoms with Gasteiger partial charge in [-0.2, -0.15) is 0 Å². The van der Waals surface area contributed by atoms with Gasteiger partial charge in [0.1, 0.15) is 13.2 Å². The van der Waals surface area contributed by atoms with Crippen LogP contribution in [0.5, 0.6) is 0 Å². The number of ether oxygens (including phenoxy) is 3. The number of allylic oxidation sites excluding steroid dienone is 6. The lowest BCUT2D eigenvalue weighted by molar-refractivity contribution is -0.167. The second kappa shape index (κ2) is 62.2. The highest BCUT2D eigenvalue weighted by molar-refractivity contribution is 5.71. The highest BCUT2D eigenvalue weighted by Crippen LogP contribution is 2.18. The van der Waals surface area contributed by atoms with E-state index in [0.717, 1.165) is 70.6 Å². The first-order valence-electron chi connectivity index (χ1n) is 32.5. The molecule has 1 unspecified atom stereocenters. The van der Waals surface area contributed by atoms with Gasteiger partial charge in [0.25, 0.3) is 0 Å². The highest BCUT2D eigenvalue weighted by Gasteiger charge is 2.19. The van der Waals surface area contributed by atoms with Gasteiger partial charge in [-0.3, -0.25) is 14.4 Å². The van der Waals surface area contributed by atoms with Crippen molar-refractivity contribution in [3.8, 4) is 0 Å². The largest absolute Gasteiger partial charge is 0.462 e. The Kier molecular flexibility index (Phi) is 60.2. The number of esters is 3. The van der Waals surface area contributed by atoms with Crippen molar-refractivity contribution in [2.75, 3.05) is 13.2 Å². The topological polar surface area (TPSA) is 78.9 Å². The molecule has 0 fully saturated rings. The maximum absolute atomic E-state index is 12.8. The summed E-state index contributed by atoms with van der Waals surface area (Å²) in [6.45, 7) is 6.64. The normalized spacial score (nSPS) is 12.2. The van der Waals surface area contributed by atoms with E-state index in [0.29, 0.717) is 19.3 Å². The molecule has 0 aliphatic carbocycles. The van der Waals surface area contributed by atoms with Crippen LogP contribution in [0.3, 0.4) is 0 Å². The quantitative estimate of drug-likeness (QED) is 0.0261. The van der Waals surface area contributed by atoms with Gasteiger partial charge in [0, 0.05) is 19.3 Å². The van der Waals surface area contributed by atoms with Crippen LogP contribution in [0.15, 0.2) is 36.5 Å². The third-order valence-electron chi connectivity index (χ3n) is 14.6. The van der Waals surface area contributed by atoms with E-state index in [-0.39, 0.29) is 31.1 Å². The fraction of sp³-hybridized carbons (Fsp3) is 0.866. The van der Waals surface area contributed by atoms with E-state index < -0.39 is 6.10 Å². The van der Waals surface area contributed by atoms with Crippen molar-refractivity contribution in [2.45, 2.75) is 361 Å². The Morgan fingerprint density at radius 3 is 0.767 bits per heavy atom. The number of hydrogen-bond acceptors (Lipinski definition) is 6. The zero-order chi connectivity index (χ0) is 52.9. The molecule has 0 heterocycles. The van der Waals surface area contributed by atoms with Crippen LogP contribution in [0.2, 0.25) is 0 Å². The monoisotopic (exact) mass is 1020 g/mol. The molecule has 6 heteroatoms. The fourth-order valence-electron chi connectivity index (χ4n) is 9.75. The first kappa shape index (κ1) is 70.6. The Morgan fingerprint density at radius 2 is 0.493 bits per heavy atom. The molecule has 0 aromatic rings. The Labute approximate surface area is 455 Å². The summed E-state index contributed by atoms with van der Waals surface area (Å²) in [7, 11) is 0. The summed E-state index contributed by atoms with van der Waals surface area (Å²) in [5, 5.41) is 0. The Morgan fingerprint density at radius 1 is 0.274 bits per heavy atom. The van der Waals surface area contributed by atoms with Gasteiger partial charge in [-0.05, 0) is 57.8 Å². The molecule has 0 saturated heterocycles. The van der Waals surface area contributed by atoms with E-state index in [9.17, 15) is 14.4 Å². The molecule has 0 aliphatic heterocycles. The smallest absolute Gasteiger partial charge is 0.306 e. The van der Waals surface area contributed by atoms with Crippen LogP contribution in [0.1, 0.15) is 355 Å². The lowest BCUT2D eigenvalue weighted by Gasteiger charge is -2.18. The SMILES string of the molecule is CCCCCCC/C=C\C/C=C\C/C=C\CCCCCCCCCCCCCCCCC(=O)OCC(COC(=O)CCCCCCCCC)OC(=O)CCCCCCCCCCCCCCCCCCCCC. The summed E-state index contributed by atoms with van der Waals surface area (Å²) in [6, 6.07) is 0. The molecule has 0 aromatic carbocycles. The van der Waals surface area contributed by atoms with Crippen molar-refractivity contribution in [3.63, 3.8) is 0 Å². The van der Waals surface area contributed by atoms with Crippen molar-refractivity contribution >= 4 is 17.9 Å². The molecule has 0 N–H and O–H groups in total. The predicted octanol–water partition coefficient (Wildman–Crippen LogP) is 22.0. The molecule has 0 bridgehead atoms. The van der Waals surface area contributed by atoms with Crippen LogP contribution in [-0.4, -0.2) is 37.2 Å². The molecule has 0 aromatic heterocycles. The number of hydrogen-bond donors (Lipinski definition) is 0. The molecule has 0 radical (unpaired) electrons. The average molecular weight is 1030 g/mol. The van der Waals surface area contributed by atoms with E-state index in [1.165, 1.54) is 244 Å². The second-order valence-electron chi connectivity index (χ2n) is 22.0. The minimum atomic E-state index is -0.766. The van der Waals surface area contributed by atoms with E-state index in [2.05, 4.69) is 57.2 Å². The third kappa shape index (κ3) is 60.4. The summed E-state index contributed by atoms with van der Waals surface area (Å²) in [5.41, 5.74) is 0. The van der Waals surface area contributed by atoms with Crippen LogP contribution in [0.25, 0.3) is 0 Å². The van der Waals surface area contributed by atoms with Crippen LogP contribution in [-0.2, 0) is 28.6 Å². The van der Waals surface area contributed by atoms with Crippen molar-refractivity contribution in [2.24, 2.45) is 0 Å². The van der Waals surface area contributed by atoms with Gasteiger partial charge in [0.15, 0.2) is 6.10 Å². The Balaban J connectivity index is 4.05. The van der Waals surface area contributed by atoms with Gasteiger partial charge in [-0.25, -0.2) is 0 Å². The maximum Gasteiger partial charge on any atom is 0.306 e. The van der Waals surface area contributed by atoms with Crippen molar-refractivity contribution < 1.29 is 28.6 Å². The van der Waals surface area contributed by atoms with Gasteiger partial charge >= 0.3 is 17.9 Å². The zero-order valence-corrected chi connectivity index (χ0v) is 49.2. The van der Waals surface area contributed by atoms with Crippen molar-refractivity contribution in [1.82, 2.24) is 0 Å². The summed E-state index contributed by atoms with van der Waals surface area (Å²) in [5.74, 6) is -0.851. The lowest BCUT2D eigenvalue weighted by atomic mass is 10.0. The molecular formula is C67H124O6. The molecule has 0 saturated carbocycles. The highest BCUT2D eigenvalue weighted by atomic mass is 16.6. The zero-order valence-electron chi connectivity index (χ0n) is 49.2. The predicted molar refractivity (Wildman–Crippen MR) is 316 cm³/mol. The molecule has 0 amide bonds. The van der Waals surface area contributed by atoms with E-state index in [1.54, 1.807) is 0 Å². The van der Waals surface area contributed by atoms with Gasteiger partial charge in [0.05, 0.1) is 0 Å². The van der Waals surface area contributed by atoms with Gasteiger partial charge in [-0.1, -0.05) is 314 Å². The molecule has 428 valence electrons. The molecule has 73 heavy (non-hydrogen) atoms. The number of carbonyl (C=O) groups excluding carboxylic acids is 3. The minimum Gasteiger partial charge on any atom is -0.462 e. The summed E-state index contributed by atoms with van der Waals surface area (Å²) < 4.78 is 16.9. The van der Waals surface area contributed by atoms with Gasteiger partial charge in [0.2, 0.25) is 0 Å². The van der Waals surface area contributed by atoms with Crippen LogP contribution >= 0.6 is 0 Å².